The van der Waals surface area contributed by atoms with E-state index in [0.29, 0.717) is 6.04 Å². The molecule has 0 radical (unpaired) electrons. The van der Waals surface area contributed by atoms with Gasteiger partial charge in [0.2, 0.25) is 0 Å². The number of aryl methyl sites for hydroxylation is 1. The van der Waals surface area contributed by atoms with Gasteiger partial charge in [0, 0.05) is 31.5 Å². The summed E-state index contributed by atoms with van der Waals surface area (Å²) in [6.07, 6.45) is 3.03. The molecule has 1 N–H and O–H groups in total. The van der Waals surface area contributed by atoms with Gasteiger partial charge in [-0.2, -0.15) is 5.10 Å². The molecular weight excluding hydrogens is 226 g/mol. The molecule has 0 aliphatic carbocycles. The van der Waals surface area contributed by atoms with Crippen LogP contribution in [0.2, 0.25) is 0 Å². The Hall–Kier alpha value is -0.870. The Balaban J connectivity index is 3.02. The number of ether oxygens (including phenoxy) is 1. The van der Waals surface area contributed by atoms with Crippen molar-refractivity contribution in [3.8, 4) is 0 Å². The predicted octanol–water partition coefficient (Wildman–Crippen LogP) is 2.32. The molecule has 18 heavy (non-hydrogen) atoms. The van der Waals surface area contributed by atoms with Crippen LogP contribution in [0, 0.1) is 0 Å². The number of nitrogens with zero attached hydrogens (tertiary/aromatic N) is 2. The van der Waals surface area contributed by atoms with Crippen LogP contribution in [-0.2, 0) is 24.1 Å². The van der Waals surface area contributed by atoms with Crippen molar-refractivity contribution in [2.45, 2.75) is 52.6 Å². The van der Waals surface area contributed by atoms with Crippen LogP contribution in [0.25, 0.3) is 0 Å². The van der Waals surface area contributed by atoms with Gasteiger partial charge in [0.15, 0.2) is 0 Å². The van der Waals surface area contributed by atoms with Crippen molar-refractivity contribution in [1.82, 2.24) is 15.1 Å². The van der Waals surface area contributed by atoms with Crippen molar-refractivity contribution in [3.05, 3.63) is 17.0 Å². The van der Waals surface area contributed by atoms with Gasteiger partial charge in [-0.1, -0.05) is 13.8 Å². The Morgan fingerprint density at radius 1 is 1.33 bits per heavy atom. The van der Waals surface area contributed by atoms with E-state index in [1.165, 1.54) is 17.0 Å². The van der Waals surface area contributed by atoms with Crippen LogP contribution in [0.3, 0.4) is 0 Å². The fourth-order valence-electron chi connectivity index (χ4n) is 2.37. The molecule has 0 aliphatic heterocycles. The van der Waals surface area contributed by atoms with Crippen molar-refractivity contribution >= 4 is 0 Å². The molecule has 0 amide bonds. The maximum atomic E-state index is 5.16. The molecule has 1 aromatic heterocycles. The summed E-state index contributed by atoms with van der Waals surface area (Å²) in [5.74, 6) is 0. The summed E-state index contributed by atoms with van der Waals surface area (Å²) in [7, 11) is 3.74. The van der Waals surface area contributed by atoms with Crippen LogP contribution in [0.5, 0.6) is 0 Å². The van der Waals surface area contributed by atoms with Gasteiger partial charge in [0.05, 0.1) is 11.7 Å². The topological polar surface area (TPSA) is 39.1 Å². The van der Waals surface area contributed by atoms with E-state index in [1.807, 2.05) is 7.05 Å². The van der Waals surface area contributed by atoms with Gasteiger partial charge in [-0.25, -0.2) is 0 Å². The smallest absolute Gasteiger partial charge is 0.0669 e. The standard InChI is InChI=1S/C14H27N3O/c1-6-13-12(10-15-4)14(7-2)17(16-13)11(3)8-9-18-5/h11,15H,6-10H2,1-5H3. The van der Waals surface area contributed by atoms with Crippen molar-refractivity contribution < 1.29 is 4.74 Å². The van der Waals surface area contributed by atoms with E-state index in [-0.39, 0.29) is 0 Å². The van der Waals surface area contributed by atoms with Gasteiger partial charge in [-0.3, -0.25) is 4.68 Å². The number of hydrogen-bond acceptors (Lipinski definition) is 3. The van der Waals surface area contributed by atoms with Gasteiger partial charge in [0.1, 0.15) is 0 Å². The van der Waals surface area contributed by atoms with E-state index < -0.39 is 0 Å². The quantitative estimate of drug-likeness (QED) is 0.773. The molecule has 4 heteroatoms. The molecule has 104 valence electrons. The molecule has 0 aromatic carbocycles. The third-order valence-corrected chi connectivity index (χ3v) is 3.38. The lowest BCUT2D eigenvalue weighted by atomic mass is 10.1. The molecule has 0 saturated heterocycles. The van der Waals surface area contributed by atoms with E-state index in [0.717, 1.165) is 32.4 Å². The van der Waals surface area contributed by atoms with Crippen LogP contribution < -0.4 is 5.32 Å². The monoisotopic (exact) mass is 253 g/mol. The van der Waals surface area contributed by atoms with Crippen LogP contribution in [0.4, 0.5) is 0 Å². The molecule has 0 saturated carbocycles. The second kappa shape index (κ2) is 7.54. The third-order valence-electron chi connectivity index (χ3n) is 3.38. The highest BCUT2D eigenvalue weighted by atomic mass is 16.5. The summed E-state index contributed by atoms with van der Waals surface area (Å²) in [4.78, 5) is 0. The van der Waals surface area contributed by atoms with E-state index in [2.05, 4.69) is 30.8 Å². The molecule has 0 aliphatic rings. The number of aromatic nitrogens is 2. The number of hydrogen-bond donors (Lipinski definition) is 1. The SMILES string of the molecule is CCc1nn(C(C)CCOC)c(CC)c1CNC. The molecule has 1 unspecified atom stereocenters. The minimum atomic E-state index is 0.399. The zero-order valence-electron chi connectivity index (χ0n) is 12.4. The molecule has 1 atom stereocenters. The lowest BCUT2D eigenvalue weighted by molar-refractivity contribution is 0.178. The van der Waals surface area contributed by atoms with Crippen LogP contribution in [0.15, 0.2) is 0 Å². The molecular formula is C14H27N3O. The fraction of sp³-hybridized carbons (Fsp3) is 0.786. The van der Waals surface area contributed by atoms with Crippen molar-refractivity contribution in [2.75, 3.05) is 20.8 Å². The maximum Gasteiger partial charge on any atom is 0.0669 e. The second-order valence-corrected chi connectivity index (χ2v) is 4.68. The highest BCUT2D eigenvalue weighted by Crippen LogP contribution is 2.21. The first-order chi connectivity index (χ1) is 8.69. The fourth-order valence-corrected chi connectivity index (χ4v) is 2.37. The Labute approximate surface area is 111 Å². The Bertz CT molecular complexity index is 360. The predicted molar refractivity (Wildman–Crippen MR) is 75.0 cm³/mol. The maximum absolute atomic E-state index is 5.16. The molecule has 0 bridgehead atoms. The minimum absolute atomic E-state index is 0.399. The van der Waals surface area contributed by atoms with E-state index in [4.69, 9.17) is 9.84 Å². The van der Waals surface area contributed by atoms with E-state index in [9.17, 15) is 0 Å². The summed E-state index contributed by atoms with van der Waals surface area (Å²) in [5, 5.41) is 8.04. The highest BCUT2D eigenvalue weighted by Gasteiger charge is 2.18. The van der Waals surface area contributed by atoms with E-state index in [1.54, 1.807) is 7.11 Å². The summed E-state index contributed by atoms with van der Waals surface area (Å²) >= 11 is 0. The Morgan fingerprint density at radius 3 is 2.56 bits per heavy atom. The van der Waals surface area contributed by atoms with E-state index >= 15 is 0 Å². The molecule has 0 spiro atoms. The average Bonchev–Trinajstić information content (AvgIpc) is 2.74. The molecule has 1 heterocycles. The van der Waals surface area contributed by atoms with Crippen molar-refractivity contribution in [2.24, 2.45) is 0 Å². The normalized spacial score (nSPS) is 12.9. The summed E-state index contributed by atoms with van der Waals surface area (Å²) in [6, 6.07) is 0.399. The molecule has 0 fully saturated rings. The lowest BCUT2D eigenvalue weighted by Crippen LogP contribution is -2.14. The summed E-state index contributed by atoms with van der Waals surface area (Å²) < 4.78 is 7.36. The second-order valence-electron chi connectivity index (χ2n) is 4.68. The van der Waals surface area contributed by atoms with Crippen molar-refractivity contribution in [1.29, 1.82) is 0 Å². The average molecular weight is 253 g/mol. The van der Waals surface area contributed by atoms with Gasteiger partial charge in [-0.15, -0.1) is 0 Å². The highest BCUT2D eigenvalue weighted by molar-refractivity contribution is 5.27. The Kier molecular flexibility index (Phi) is 6.36. The molecule has 1 rings (SSSR count). The van der Waals surface area contributed by atoms with Crippen LogP contribution in [-0.4, -0.2) is 30.5 Å². The first-order valence-corrected chi connectivity index (χ1v) is 6.92. The lowest BCUT2D eigenvalue weighted by Gasteiger charge is -2.15. The zero-order chi connectivity index (χ0) is 13.5. The largest absolute Gasteiger partial charge is 0.385 e. The zero-order valence-corrected chi connectivity index (χ0v) is 12.4. The Morgan fingerprint density at radius 2 is 2.06 bits per heavy atom. The van der Waals surface area contributed by atoms with Gasteiger partial charge < -0.3 is 10.1 Å². The van der Waals surface area contributed by atoms with Crippen molar-refractivity contribution in [3.63, 3.8) is 0 Å². The molecule has 1 aromatic rings. The minimum Gasteiger partial charge on any atom is -0.385 e. The first kappa shape index (κ1) is 15.2. The third kappa shape index (κ3) is 3.33. The molecule has 4 nitrogen and oxygen atoms in total. The van der Waals surface area contributed by atoms with Crippen LogP contribution in [0.1, 0.15) is 50.2 Å². The number of nitrogens with one attached hydrogen (secondary N) is 1. The number of methoxy groups -OCH3 is 1. The first-order valence-electron chi connectivity index (χ1n) is 6.92. The van der Waals surface area contributed by atoms with Gasteiger partial charge in [-0.05, 0) is 33.2 Å². The summed E-state index contributed by atoms with van der Waals surface area (Å²) in [5.41, 5.74) is 3.97. The van der Waals surface area contributed by atoms with Gasteiger partial charge >= 0.3 is 0 Å². The summed E-state index contributed by atoms with van der Waals surface area (Å²) in [6.45, 7) is 8.28. The van der Waals surface area contributed by atoms with Crippen LogP contribution >= 0.6 is 0 Å². The number of rotatable bonds is 8. The van der Waals surface area contributed by atoms with Gasteiger partial charge in [0.25, 0.3) is 0 Å².